The third-order valence-electron chi connectivity index (χ3n) is 2.94. The first kappa shape index (κ1) is 20.4. The Hall–Kier alpha value is -0.600. The van der Waals surface area contributed by atoms with E-state index < -0.39 is 0 Å². The van der Waals surface area contributed by atoms with Gasteiger partial charge in [-0.05, 0) is 6.42 Å². The maximum Gasteiger partial charge on any atom is 0.107 e. The van der Waals surface area contributed by atoms with Gasteiger partial charge >= 0.3 is 0 Å². The van der Waals surface area contributed by atoms with Crippen molar-refractivity contribution in [2.75, 3.05) is 52.9 Å². The van der Waals surface area contributed by atoms with Crippen LogP contribution in [0.2, 0.25) is 0 Å². The summed E-state index contributed by atoms with van der Waals surface area (Å²) in [4.78, 5) is 0. The van der Waals surface area contributed by atoms with E-state index >= 15 is 0 Å². The van der Waals surface area contributed by atoms with Crippen molar-refractivity contribution in [3.05, 3.63) is 0 Å². The highest BCUT2D eigenvalue weighted by Gasteiger charge is 1.93. The monoisotopic (exact) mass is 300 g/mol. The summed E-state index contributed by atoms with van der Waals surface area (Å²) in [5, 5.41) is 0. The third kappa shape index (κ3) is 19.4. The molecule has 0 aromatic rings. The van der Waals surface area contributed by atoms with Gasteiger partial charge in [-0.3, -0.25) is 0 Å². The van der Waals surface area contributed by atoms with Crippen molar-refractivity contribution in [2.45, 2.75) is 45.4 Å². The van der Waals surface area contributed by atoms with E-state index in [-0.39, 0.29) is 0 Å². The Morgan fingerprint density at radius 2 is 1.10 bits per heavy atom. The highest BCUT2D eigenvalue weighted by atomic mass is 16.6. The minimum absolute atomic E-state index is 0.343. The van der Waals surface area contributed by atoms with E-state index in [1.165, 1.54) is 32.1 Å². The number of hydrogen-bond donors (Lipinski definition) is 0. The predicted octanol–water partition coefficient (Wildman–Crippen LogP) is 3.05. The molecule has 0 radical (unpaired) electrons. The zero-order chi connectivity index (χ0) is 15.4. The standard InChI is InChI=1S/C17H32O4/c1-3-5-6-7-8-9-11-19-13-15-21-17-16-20-14-12-18-10-4-2/h2H,3,5-17H2,1H3. The van der Waals surface area contributed by atoms with Crippen LogP contribution in [-0.4, -0.2) is 52.9 Å². The first-order chi connectivity index (χ1) is 10.4. The van der Waals surface area contributed by atoms with Crippen LogP contribution in [0.5, 0.6) is 0 Å². The van der Waals surface area contributed by atoms with Crippen molar-refractivity contribution in [1.29, 1.82) is 0 Å². The normalized spacial score (nSPS) is 10.7. The summed E-state index contributed by atoms with van der Waals surface area (Å²) < 4.78 is 21.3. The van der Waals surface area contributed by atoms with E-state index in [9.17, 15) is 0 Å². The number of ether oxygens (including phenoxy) is 4. The summed E-state index contributed by atoms with van der Waals surface area (Å²) >= 11 is 0. The molecule has 0 N–H and O–H groups in total. The summed E-state index contributed by atoms with van der Waals surface area (Å²) in [6.07, 6.45) is 12.8. The lowest BCUT2D eigenvalue weighted by Gasteiger charge is -2.07. The molecule has 4 heteroatoms. The minimum Gasteiger partial charge on any atom is -0.379 e. The van der Waals surface area contributed by atoms with E-state index in [0.29, 0.717) is 46.2 Å². The average molecular weight is 300 g/mol. The van der Waals surface area contributed by atoms with Gasteiger partial charge < -0.3 is 18.9 Å². The van der Waals surface area contributed by atoms with Crippen molar-refractivity contribution in [2.24, 2.45) is 0 Å². The van der Waals surface area contributed by atoms with Crippen LogP contribution >= 0.6 is 0 Å². The van der Waals surface area contributed by atoms with Gasteiger partial charge in [0, 0.05) is 6.61 Å². The zero-order valence-electron chi connectivity index (χ0n) is 13.6. The zero-order valence-corrected chi connectivity index (χ0v) is 13.6. The smallest absolute Gasteiger partial charge is 0.107 e. The lowest BCUT2D eigenvalue weighted by atomic mass is 10.1. The molecule has 0 unspecified atom stereocenters. The Morgan fingerprint density at radius 1 is 0.619 bits per heavy atom. The van der Waals surface area contributed by atoms with Crippen molar-refractivity contribution >= 4 is 0 Å². The molecule has 0 saturated heterocycles. The third-order valence-corrected chi connectivity index (χ3v) is 2.94. The van der Waals surface area contributed by atoms with Gasteiger partial charge in [0.15, 0.2) is 0 Å². The SMILES string of the molecule is C#CCOCCOCCOCCOCCCCCCCC. The molecule has 0 aromatic heterocycles. The molecule has 4 nitrogen and oxygen atoms in total. The van der Waals surface area contributed by atoms with Gasteiger partial charge in [0.1, 0.15) is 6.61 Å². The second-order valence-electron chi connectivity index (χ2n) is 4.86. The molecule has 0 heterocycles. The maximum atomic E-state index is 5.51. The van der Waals surface area contributed by atoms with Crippen LogP contribution in [0, 0.1) is 12.3 Å². The molecule has 0 aliphatic heterocycles. The van der Waals surface area contributed by atoms with Crippen LogP contribution in [-0.2, 0) is 18.9 Å². The van der Waals surface area contributed by atoms with Gasteiger partial charge in [-0.25, -0.2) is 0 Å². The van der Waals surface area contributed by atoms with Crippen LogP contribution in [0.25, 0.3) is 0 Å². The number of hydrogen-bond acceptors (Lipinski definition) is 4. The quantitative estimate of drug-likeness (QED) is 0.306. The Kier molecular flexibility index (Phi) is 18.8. The van der Waals surface area contributed by atoms with Gasteiger partial charge in [0.25, 0.3) is 0 Å². The molecule has 0 saturated carbocycles. The molecule has 0 fully saturated rings. The van der Waals surface area contributed by atoms with E-state index in [2.05, 4.69) is 12.8 Å². The fourth-order valence-corrected chi connectivity index (χ4v) is 1.78. The second-order valence-corrected chi connectivity index (χ2v) is 4.86. The number of rotatable bonds is 17. The second kappa shape index (κ2) is 19.4. The molecule has 0 bridgehead atoms. The molecule has 21 heavy (non-hydrogen) atoms. The van der Waals surface area contributed by atoms with E-state index in [1.807, 2.05) is 0 Å². The van der Waals surface area contributed by atoms with Gasteiger partial charge in [-0.2, -0.15) is 0 Å². The van der Waals surface area contributed by atoms with Crippen LogP contribution in [0.4, 0.5) is 0 Å². The first-order valence-electron chi connectivity index (χ1n) is 8.16. The Bertz CT molecular complexity index is 225. The molecular formula is C17H32O4. The van der Waals surface area contributed by atoms with Gasteiger partial charge in [-0.15, -0.1) is 6.42 Å². The topological polar surface area (TPSA) is 36.9 Å². The largest absolute Gasteiger partial charge is 0.379 e. The van der Waals surface area contributed by atoms with Gasteiger partial charge in [0.2, 0.25) is 0 Å². The van der Waals surface area contributed by atoms with Crippen LogP contribution in [0.1, 0.15) is 45.4 Å². The van der Waals surface area contributed by atoms with Gasteiger partial charge in [0.05, 0.1) is 39.6 Å². The minimum atomic E-state index is 0.343. The molecule has 0 rings (SSSR count). The molecule has 0 aromatic carbocycles. The molecule has 0 spiro atoms. The molecule has 0 atom stereocenters. The van der Waals surface area contributed by atoms with Crippen LogP contribution in [0.3, 0.4) is 0 Å². The number of unbranched alkanes of at least 4 members (excludes halogenated alkanes) is 5. The van der Waals surface area contributed by atoms with Crippen molar-refractivity contribution < 1.29 is 18.9 Å². The van der Waals surface area contributed by atoms with Crippen molar-refractivity contribution in [1.82, 2.24) is 0 Å². The van der Waals surface area contributed by atoms with Crippen molar-refractivity contribution in [3.63, 3.8) is 0 Å². The average Bonchev–Trinajstić information content (AvgIpc) is 2.50. The summed E-state index contributed by atoms with van der Waals surface area (Å²) in [6.45, 7) is 6.99. The molecular weight excluding hydrogens is 268 g/mol. The summed E-state index contributed by atoms with van der Waals surface area (Å²) in [6, 6.07) is 0. The van der Waals surface area contributed by atoms with Gasteiger partial charge in [-0.1, -0.05) is 44.9 Å². The number of terminal acetylenes is 1. The predicted molar refractivity (Wildman–Crippen MR) is 85.5 cm³/mol. The van der Waals surface area contributed by atoms with E-state index in [1.54, 1.807) is 0 Å². The van der Waals surface area contributed by atoms with Crippen LogP contribution < -0.4 is 0 Å². The highest BCUT2D eigenvalue weighted by molar-refractivity contribution is 4.82. The van der Waals surface area contributed by atoms with Crippen molar-refractivity contribution in [3.8, 4) is 12.3 Å². The fourth-order valence-electron chi connectivity index (χ4n) is 1.78. The van der Waals surface area contributed by atoms with E-state index in [0.717, 1.165) is 13.0 Å². The molecule has 124 valence electrons. The maximum absolute atomic E-state index is 5.51. The summed E-state index contributed by atoms with van der Waals surface area (Å²) in [7, 11) is 0. The summed E-state index contributed by atoms with van der Waals surface area (Å²) in [5.41, 5.74) is 0. The Morgan fingerprint density at radius 3 is 1.67 bits per heavy atom. The lowest BCUT2D eigenvalue weighted by Crippen LogP contribution is -2.12. The Labute approximate surface area is 130 Å². The molecule has 0 aliphatic rings. The van der Waals surface area contributed by atoms with Crippen LogP contribution in [0.15, 0.2) is 0 Å². The Balaban J connectivity index is 2.92. The molecule has 0 aliphatic carbocycles. The lowest BCUT2D eigenvalue weighted by molar-refractivity contribution is 0.000915. The fraction of sp³-hybridized carbons (Fsp3) is 0.882. The first-order valence-corrected chi connectivity index (χ1v) is 8.16. The van der Waals surface area contributed by atoms with E-state index in [4.69, 9.17) is 25.4 Å². The summed E-state index contributed by atoms with van der Waals surface area (Å²) in [5.74, 6) is 2.40. The highest BCUT2D eigenvalue weighted by Crippen LogP contribution is 2.04. The molecule has 0 amide bonds.